The lowest BCUT2D eigenvalue weighted by Crippen LogP contribution is -2.44. The Morgan fingerprint density at radius 1 is 1.29 bits per heavy atom. The molecule has 1 saturated heterocycles. The van der Waals surface area contributed by atoms with E-state index in [0.717, 1.165) is 17.8 Å². The highest BCUT2D eigenvalue weighted by atomic mass is 19.1. The monoisotopic (exact) mass is 388 g/mol. The highest BCUT2D eigenvalue weighted by Gasteiger charge is 2.27. The molecule has 1 aliphatic heterocycles. The van der Waals surface area contributed by atoms with Gasteiger partial charge in [0.05, 0.1) is 0 Å². The first kappa shape index (κ1) is 19.9. The molecule has 2 aromatic rings. The van der Waals surface area contributed by atoms with Crippen molar-refractivity contribution in [1.29, 1.82) is 0 Å². The van der Waals surface area contributed by atoms with Gasteiger partial charge in [0, 0.05) is 53.0 Å². The van der Waals surface area contributed by atoms with Crippen LogP contribution in [0.4, 0.5) is 20.3 Å². The molecule has 150 valence electrons. The van der Waals surface area contributed by atoms with Crippen LogP contribution < -0.4 is 20.4 Å². The second kappa shape index (κ2) is 8.86. The van der Waals surface area contributed by atoms with E-state index in [2.05, 4.69) is 20.6 Å². The largest absolute Gasteiger partial charge is 0.365 e. The topological polar surface area (TPSA) is 55.8 Å². The van der Waals surface area contributed by atoms with Gasteiger partial charge in [0.2, 0.25) is 0 Å². The highest BCUT2D eigenvalue weighted by Crippen LogP contribution is 2.26. The molecule has 0 spiro atoms. The molecule has 6 nitrogen and oxygen atoms in total. The van der Waals surface area contributed by atoms with Gasteiger partial charge in [-0.2, -0.15) is 0 Å². The van der Waals surface area contributed by atoms with Crippen LogP contribution in [-0.4, -0.2) is 51.2 Å². The number of pyridine rings is 1. The molecule has 1 aromatic carbocycles. The van der Waals surface area contributed by atoms with Gasteiger partial charge in [-0.25, -0.2) is 13.8 Å². The molecule has 0 saturated carbocycles. The number of para-hydroxylation sites is 1. The van der Waals surface area contributed by atoms with E-state index in [4.69, 9.17) is 0 Å². The smallest absolute Gasteiger partial charge is 0.191 e. The minimum absolute atomic E-state index is 0.0442. The van der Waals surface area contributed by atoms with E-state index in [1.807, 2.05) is 31.1 Å². The van der Waals surface area contributed by atoms with Crippen LogP contribution in [0.15, 0.2) is 41.5 Å². The number of anilines is 2. The van der Waals surface area contributed by atoms with E-state index in [0.29, 0.717) is 25.6 Å². The Bertz CT molecular complexity index is 819. The fourth-order valence-electron chi connectivity index (χ4n) is 3.26. The van der Waals surface area contributed by atoms with Crippen molar-refractivity contribution < 1.29 is 8.78 Å². The first-order valence-electron chi connectivity index (χ1n) is 9.26. The molecular formula is C20H26F2N6. The standard InChI is InChI=1S/C20H26F2N6/c1-23-20(25-12-14-7-9-24-18(11-14)27(2)3)26-15-8-10-28(13-15)19-16(21)5-4-6-17(19)22/h4-7,9,11,15H,8,10,12-13H2,1-3H3,(H2,23,25,26). The second-order valence-electron chi connectivity index (χ2n) is 6.99. The minimum atomic E-state index is -0.530. The number of nitrogens with zero attached hydrogens (tertiary/aromatic N) is 4. The van der Waals surface area contributed by atoms with E-state index >= 15 is 0 Å². The fourth-order valence-corrected chi connectivity index (χ4v) is 3.26. The summed E-state index contributed by atoms with van der Waals surface area (Å²) in [5, 5.41) is 6.62. The molecule has 1 fully saturated rings. The van der Waals surface area contributed by atoms with Gasteiger partial charge in [0.25, 0.3) is 0 Å². The normalized spacial score (nSPS) is 17.0. The Kier molecular flexibility index (Phi) is 6.28. The number of hydrogen-bond acceptors (Lipinski definition) is 4. The molecule has 1 aromatic heterocycles. The second-order valence-corrected chi connectivity index (χ2v) is 6.99. The van der Waals surface area contributed by atoms with E-state index < -0.39 is 11.6 Å². The van der Waals surface area contributed by atoms with Gasteiger partial charge in [-0.15, -0.1) is 0 Å². The lowest BCUT2D eigenvalue weighted by atomic mass is 10.2. The summed E-state index contributed by atoms with van der Waals surface area (Å²) in [5.41, 5.74) is 1.13. The van der Waals surface area contributed by atoms with E-state index in [1.54, 1.807) is 18.1 Å². The molecule has 2 heterocycles. The summed E-state index contributed by atoms with van der Waals surface area (Å²) in [6.07, 6.45) is 2.55. The number of benzene rings is 1. The molecule has 1 unspecified atom stereocenters. The van der Waals surface area contributed by atoms with Crippen LogP contribution in [0.1, 0.15) is 12.0 Å². The van der Waals surface area contributed by atoms with Gasteiger partial charge in [0.15, 0.2) is 5.96 Å². The number of halogens is 2. The van der Waals surface area contributed by atoms with Gasteiger partial charge in [-0.3, -0.25) is 4.99 Å². The Hall–Kier alpha value is -2.90. The molecule has 1 aliphatic rings. The molecule has 8 heteroatoms. The summed E-state index contributed by atoms with van der Waals surface area (Å²) >= 11 is 0. The zero-order valence-electron chi connectivity index (χ0n) is 16.4. The average molecular weight is 388 g/mol. The van der Waals surface area contributed by atoms with Gasteiger partial charge in [-0.05, 0) is 36.2 Å². The van der Waals surface area contributed by atoms with Crippen LogP contribution in [-0.2, 0) is 6.54 Å². The van der Waals surface area contributed by atoms with Crippen molar-refractivity contribution in [3.05, 3.63) is 53.7 Å². The van der Waals surface area contributed by atoms with E-state index in [9.17, 15) is 8.78 Å². The summed E-state index contributed by atoms with van der Waals surface area (Å²) in [6.45, 7) is 1.70. The Morgan fingerprint density at radius 2 is 2.04 bits per heavy atom. The average Bonchev–Trinajstić information content (AvgIpc) is 3.13. The zero-order valence-corrected chi connectivity index (χ0v) is 16.4. The number of guanidine groups is 1. The first-order chi connectivity index (χ1) is 13.5. The highest BCUT2D eigenvalue weighted by molar-refractivity contribution is 5.80. The maximum atomic E-state index is 14.0. The molecular weight excluding hydrogens is 362 g/mol. The Balaban J connectivity index is 1.57. The van der Waals surface area contributed by atoms with Gasteiger partial charge >= 0.3 is 0 Å². The Morgan fingerprint density at radius 3 is 2.71 bits per heavy atom. The first-order valence-corrected chi connectivity index (χ1v) is 9.26. The van der Waals surface area contributed by atoms with Crippen molar-refractivity contribution in [1.82, 2.24) is 15.6 Å². The SMILES string of the molecule is CN=C(NCc1ccnc(N(C)C)c1)NC1CCN(c2c(F)cccc2F)C1. The van der Waals surface area contributed by atoms with Crippen molar-refractivity contribution in [2.24, 2.45) is 4.99 Å². The summed E-state index contributed by atoms with van der Waals surface area (Å²) in [7, 11) is 5.60. The van der Waals surface area contributed by atoms with Crippen molar-refractivity contribution in [3.8, 4) is 0 Å². The molecule has 0 radical (unpaired) electrons. The van der Waals surface area contributed by atoms with Crippen molar-refractivity contribution >= 4 is 17.5 Å². The van der Waals surface area contributed by atoms with Crippen LogP contribution in [0, 0.1) is 11.6 Å². The quantitative estimate of drug-likeness (QED) is 0.608. The van der Waals surface area contributed by atoms with Crippen molar-refractivity contribution in [3.63, 3.8) is 0 Å². The third-order valence-corrected chi connectivity index (χ3v) is 4.73. The van der Waals surface area contributed by atoms with Crippen molar-refractivity contribution in [2.75, 3.05) is 44.0 Å². The van der Waals surface area contributed by atoms with E-state index in [1.165, 1.54) is 18.2 Å². The van der Waals surface area contributed by atoms with E-state index in [-0.39, 0.29) is 11.7 Å². The number of aromatic nitrogens is 1. The maximum Gasteiger partial charge on any atom is 0.191 e. The lowest BCUT2D eigenvalue weighted by Gasteiger charge is -2.21. The zero-order chi connectivity index (χ0) is 20.1. The number of hydrogen-bond donors (Lipinski definition) is 2. The molecule has 28 heavy (non-hydrogen) atoms. The third kappa shape index (κ3) is 4.68. The van der Waals surface area contributed by atoms with Crippen LogP contribution >= 0.6 is 0 Å². The molecule has 1 atom stereocenters. The lowest BCUT2D eigenvalue weighted by molar-refractivity contribution is 0.576. The van der Waals surface area contributed by atoms with Crippen LogP contribution in [0.25, 0.3) is 0 Å². The molecule has 0 amide bonds. The van der Waals surface area contributed by atoms with Gasteiger partial charge in [0.1, 0.15) is 23.1 Å². The molecule has 3 rings (SSSR count). The number of aliphatic imine (C=N–C) groups is 1. The van der Waals surface area contributed by atoms with Gasteiger partial charge in [-0.1, -0.05) is 6.07 Å². The van der Waals surface area contributed by atoms with Crippen LogP contribution in [0.3, 0.4) is 0 Å². The molecule has 0 bridgehead atoms. The maximum absolute atomic E-state index is 14.0. The summed E-state index contributed by atoms with van der Waals surface area (Å²) < 4.78 is 28.0. The predicted molar refractivity (Wildman–Crippen MR) is 109 cm³/mol. The molecule has 2 N–H and O–H groups in total. The number of nitrogens with one attached hydrogen (secondary N) is 2. The molecule has 0 aliphatic carbocycles. The summed E-state index contributed by atoms with van der Waals surface area (Å²) in [5.74, 6) is 0.486. The fraction of sp³-hybridized carbons (Fsp3) is 0.400. The third-order valence-electron chi connectivity index (χ3n) is 4.73. The van der Waals surface area contributed by atoms with Gasteiger partial charge < -0.3 is 20.4 Å². The van der Waals surface area contributed by atoms with Crippen LogP contribution in [0.2, 0.25) is 0 Å². The van der Waals surface area contributed by atoms with Crippen molar-refractivity contribution in [2.45, 2.75) is 19.0 Å². The Labute approximate surface area is 164 Å². The summed E-state index contributed by atoms with van der Waals surface area (Å²) in [4.78, 5) is 12.3. The van der Waals surface area contributed by atoms with Crippen LogP contribution in [0.5, 0.6) is 0 Å². The number of rotatable bonds is 5. The predicted octanol–water partition coefficient (Wildman–Crippen LogP) is 2.37. The minimum Gasteiger partial charge on any atom is -0.365 e. The summed E-state index contributed by atoms with van der Waals surface area (Å²) in [6, 6.07) is 7.98.